The fourth-order valence-electron chi connectivity index (χ4n) is 9.59. The van der Waals surface area contributed by atoms with E-state index in [1.54, 1.807) is 6.92 Å². The molecule has 2 unspecified atom stereocenters. The van der Waals surface area contributed by atoms with E-state index in [0.29, 0.717) is 36.8 Å². The molecular formula is C31H48O7. The molecule has 4 aliphatic carbocycles. The molecule has 0 aliphatic heterocycles. The normalized spacial score (nSPS) is 43.6. The zero-order valence-corrected chi connectivity index (χ0v) is 24.5. The van der Waals surface area contributed by atoms with Gasteiger partial charge in [0.15, 0.2) is 5.78 Å². The molecule has 0 aromatic carbocycles. The average molecular weight is 533 g/mol. The summed E-state index contributed by atoms with van der Waals surface area (Å²) in [6.07, 6.45) is 0.706. The van der Waals surface area contributed by atoms with Gasteiger partial charge in [-0.3, -0.25) is 14.4 Å². The van der Waals surface area contributed by atoms with Crippen molar-refractivity contribution >= 4 is 17.5 Å². The van der Waals surface area contributed by atoms with Crippen LogP contribution in [0.1, 0.15) is 93.4 Å². The highest BCUT2D eigenvalue weighted by Gasteiger charge is 2.70. The number of allylic oxidation sites excluding steroid dienone is 1. The van der Waals surface area contributed by atoms with Gasteiger partial charge in [-0.1, -0.05) is 48.5 Å². The summed E-state index contributed by atoms with van der Waals surface area (Å²) in [6, 6.07) is 0. The predicted octanol–water partition coefficient (Wildman–Crippen LogP) is 4.01. The monoisotopic (exact) mass is 532 g/mol. The van der Waals surface area contributed by atoms with Gasteiger partial charge in [-0.25, -0.2) is 0 Å². The first-order chi connectivity index (χ1) is 17.5. The molecule has 0 bridgehead atoms. The van der Waals surface area contributed by atoms with Crippen molar-refractivity contribution in [2.75, 3.05) is 7.11 Å². The van der Waals surface area contributed by atoms with Gasteiger partial charge in [-0.05, 0) is 65.3 Å². The fraction of sp³-hybridized carbons (Fsp3) is 0.839. The number of aliphatic hydroxyl groups is 3. The zero-order valence-electron chi connectivity index (χ0n) is 24.5. The number of hydrogen-bond donors (Lipinski definition) is 3. The quantitative estimate of drug-likeness (QED) is 0.442. The van der Waals surface area contributed by atoms with Crippen molar-refractivity contribution in [3.05, 3.63) is 11.1 Å². The molecule has 7 nitrogen and oxygen atoms in total. The summed E-state index contributed by atoms with van der Waals surface area (Å²) in [7, 11) is 1.31. The van der Waals surface area contributed by atoms with E-state index in [1.807, 2.05) is 27.7 Å². The Kier molecular flexibility index (Phi) is 7.37. The lowest BCUT2D eigenvalue weighted by atomic mass is 9.42. The van der Waals surface area contributed by atoms with E-state index in [0.717, 1.165) is 0 Å². The zero-order chi connectivity index (χ0) is 28.6. The molecule has 0 heterocycles. The molecule has 0 aromatic rings. The minimum absolute atomic E-state index is 0.0276. The maximum Gasteiger partial charge on any atom is 0.308 e. The Labute approximate surface area is 227 Å². The Morgan fingerprint density at radius 1 is 1.00 bits per heavy atom. The fourth-order valence-corrected chi connectivity index (χ4v) is 9.59. The largest absolute Gasteiger partial charge is 0.469 e. The number of carbonyl (C=O) groups is 3. The summed E-state index contributed by atoms with van der Waals surface area (Å²) in [6.45, 7) is 14.0. The van der Waals surface area contributed by atoms with Crippen LogP contribution in [0, 0.1) is 45.3 Å². The first-order valence-electron chi connectivity index (χ1n) is 14.4. The number of hydrogen-bond acceptors (Lipinski definition) is 7. The molecule has 7 heteroatoms. The van der Waals surface area contributed by atoms with Crippen molar-refractivity contribution < 1.29 is 34.4 Å². The summed E-state index contributed by atoms with van der Waals surface area (Å²) in [4.78, 5) is 38.8. The number of methoxy groups -OCH3 is 1. The second-order valence-corrected chi connectivity index (χ2v) is 14.3. The average Bonchev–Trinajstić information content (AvgIpc) is 3.03. The summed E-state index contributed by atoms with van der Waals surface area (Å²) in [5, 5.41) is 34.2. The molecule has 0 aromatic heterocycles. The lowest BCUT2D eigenvalue weighted by molar-refractivity contribution is -0.146. The number of rotatable bonds is 6. The van der Waals surface area contributed by atoms with Gasteiger partial charge in [0.2, 0.25) is 0 Å². The number of carbonyl (C=O) groups excluding carboxylic acids is 3. The standard InChI is InChI=1S/C31H48O7/c1-16(11-18(32)12-17(2)27(37)38-8)19-13-24(36)31(7)26-20(33)14-22-28(3,4)23(35)9-10-29(22,5)25(26)21(34)15-30(19,31)6/h16-17,19-20,22-24,33,35-36H,9-15H2,1-8H3/t16?,17?,19-,20-,22-,23+,24+,29+,30-,31+/m1/s1. The van der Waals surface area contributed by atoms with Gasteiger partial charge in [-0.15, -0.1) is 0 Å². The Hall–Kier alpha value is -1.57. The van der Waals surface area contributed by atoms with Gasteiger partial charge in [0.05, 0.1) is 31.3 Å². The van der Waals surface area contributed by atoms with Crippen LogP contribution in [0.3, 0.4) is 0 Å². The lowest BCUT2D eigenvalue weighted by Crippen LogP contribution is -2.61. The summed E-state index contributed by atoms with van der Waals surface area (Å²) in [5.74, 6) is -1.15. The second kappa shape index (κ2) is 9.52. The van der Waals surface area contributed by atoms with Gasteiger partial charge in [0.25, 0.3) is 0 Å². The van der Waals surface area contributed by atoms with Crippen LogP contribution in [0.15, 0.2) is 11.1 Å². The molecule has 38 heavy (non-hydrogen) atoms. The maximum atomic E-state index is 14.1. The van der Waals surface area contributed by atoms with Crippen LogP contribution < -0.4 is 0 Å². The van der Waals surface area contributed by atoms with E-state index in [2.05, 4.69) is 13.8 Å². The third kappa shape index (κ3) is 3.97. The van der Waals surface area contributed by atoms with Gasteiger partial charge >= 0.3 is 5.97 Å². The summed E-state index contributed by atoms with van der Waals surface area (Å²) < 4.78 is 4.76. The number of Topliss-reactive ketones (excluding diaryl/α,β-unsaturated/α-hetero) is 2. The third-order valence-electron chi connectivity index (χ3n) is 12.0. The highest BCUT2D eigenvalue weighted by molar-refractivity contribution is 6.00. The summed E-state index contributed by atoms with van der Waals surface area (Å²) in [5.41, 5.74) is -0.940. The van der Waals surface area contributed by atoms with Gasteiger partial charge in [0, 0.05) is 30.3 Å². The van der Waals surface area contributed by atoms with Gasteiger partial charge in [-0.2, -0.15) is 0 Å². The number of fused-ring (bicyclic) bond motifs is 4. The van der Waals surface area contributed by atoms with Gasteiger partial charge in [0.1, 0.15) is 5.78 Å². The van der Waals surface area contributed by atoms with Crippen LogP contribution in [-0.2, 0) is 19.1 Å². The Balaban J connectivity index is 1.71. The van der Waals surface area contributed by atoms with E-state index in [9.17, 15) is 29.7 Å². The molecule has 0 saturated heterocycles. The topological polar surface area (TPSA) is 121 Å². The van der Waals surface area contributed by atoms with Crippen LogP contribution in [0.25, 0.3) is 0 Å². The number of ketones is 2. The molecule has 0 radical (unpaired) electrons. The van der Waals surface area contributed by atoms with Crippen molar-refractivity contribution in [3.63, 3.8) is 0 Å². The number of aliphatic hydroxyl groups excluding tert-OH is 3. The molecule has 0 amide bonds. The molecule has 214 valence electrons. The number of ether oxygens (including phenoxy) is 1. The van der Waals surface area contributed by atoms with E-state index in [1.165, 1.54) is 7.11 Å². The second-order valence-electron chi connectivity index (χ2n) is 14.3. The minimum Gasteiger partial charge on any atom is -0.469 e. The highest BCUT2D eigenvalue weighted by atomic mass is 16.5. The molecule has 3 N–H and O–H groups in total. The summed E-state index contributed by atoms with van der Waals surface area (Å²) >= 11 is 0. The Morgan fingerprint density at radius 3 is 2.24 bits per heavy atom. The van der Waals surface area contributed by atoms with Crippen molar-refractivity contribution in [3.8, 4) is 0 Å². The van der Waals surface area contributed by atoms with Crippen LogP contribution in [0.2, 0.25) is 0 Å². The van der Waals surface area contributed by atoms with Crippen LogP contribution in [-0.4, -0.2) is 58.3 Å². The molecule has 4 aliphatic rings. The first-order valence-corrected chi connectivity index (χ1v) is 14.4. The highest BCUT2D eigenvalue weighted by Crippen LogP contribution is 2.71. The molecule has 2 fully saturated rings. The van der Waals surface area contributed by atoms with E-state index in [-0.39, 0.29) is 48.6 Å². The van der Waals surface area contributed by atoms with E-state index >= 15 is 0 Å². The smallest absolute Gasteiger partial charge is 0.308 e. The molecule has 2 saturated carbocycles. The third-order valence-corrected chi connectivity index (χ3v) is 12.0. The molecule has 4 rings (SSSR count). The molecule has 10 atom stereocenters. The lowest BCUT2D eigenvalue weighted by Gasteiger charge is -2.62. The van der Waals surface area contributed by atoms with E-state index in [4.69, 9.17) is 4.74 Å². The van der Waals surface area contributed by atoms with Crippen molar-refractivity contribution in [2.24, 2.45) is 45.3 Å². The van der Waals surface area contributed by atoms with Crippen LogP contribution in [0.5, 0.6) is 0 Å². The maximum absolute atomic E-state index is 14.1. The molecular weight excluding hydrogens is 484 g/mol. The van der Waals surface area contributed by atoms with Crippen molar-refractivity contribution in [1.82, 2.24) is 0 Å². The predicted molar refractivity (Wildman–Crippen MR) is 143 cm³/mol. The van der Waals surface area contributed by atoms with E-state index < -0.39 is 51.9 Å². The van der Waals surface area contributed by atoms with Crippen molar-refractivity contribution in [1.29, 1.82) is 0 Å². The Morgan fingerprint density at radius 2 is 1.63 bits per heavy atom. The first kappa shape index (κ1) is 29.4. The minimum atomic E-state index is -0.868. The van der Waals surface area contributed by atoms with Crippen LogP contribution in [0.4, 0.5) is 0 Å². The SMILES string of the molecule is COC(=O)C(C)CC(=O)CC(C)[C@H]1C[C@H](O)[C@@]2(C)C3=C(C(=O)C[C@]12C)[C@@]1(C)CC[C@H](O)C(C)(C)[C@H]1C[C@H]3O. The van der Waals surface area contributed by atoms with Crippen molar-refractivity contribution in [2.45, 2.75) is 112 Å². The molecule has 0 spiro atoms. The van der Waals surface area contributed by atoms with Crippen LogP contribution >= 0.6 is 0 Å². The Bertz CT molecular complexity index is 1040. The van der Waals surface area contributed by atoms with Gasteiger partial charge < -0.3 is 20.1 Å². The number of esters is 1.